The van der Waals surface area contributed by atoms with Crippen molar-refractivity contribution >= 4 is 11.6 Å². The molecule has 2 rings (SSSR count). The molecule has 0 saturated heterocycles. The number of hydrogen-bond donors (Lipinski definition) is 0. The molecule has 1 aliphatic rings. The second kappa shape index (κ2) is 11.0. The van der Waals surface area contributed by atoms with Crippen molar-refractivity contribution in [2.45, 2.75) is 77.6 Å². The van der Waals surface area contributed by atoms with E-state index in [0.717, 1.165) is 6.42 Å². The Balaban J connectivity index is 1.80. The van der Waals surface area contributed by atoms with E-state index in [2.05, 4.69) is 19.6 Å². The van der Waals surface area contributed by atoms with Crippen molar-refractivity contribution in [2.75, 3.05) is 0 Å². The summed E-state index contributed by atoms with van der Waals surface area (Å²) in [6, 6.07) is 7.19. The Morgan fingerprint density at radius 2 is 1.37 bits per heavy atom. The molecule has 2 heteroatoms. The number of Topliss-reactive ketones (excluding diaryl/α,β-unsaturated/α-hetero) is 2. The Labute approximate surface area is 164 Å². The number of benzene rings is 1. The highest BCUT2D eigenvalue weighted by molar-refractivity contribution is 6.29. The zero-order chi connectivity index (χ0) is 19.5. The quantitative estimate of drug-likeness (QED) is 0.212. The Kier molecular flexibility index (Phi) is 8.71. The van der Waals surface area contributed by atoms with Gasteiger partial charge in [0.05, 0.1) is 0 Å². The normalized spacial score (nSPS) is 15.4. The molecule has 0 bridgehead atoms. The van der Waals surface area contributed by atoms with Gasteiger partial charge >= 0.3 is 0 Å². The van der Waals surface area contributed by atoms with Crippen LogP contribution in [0.15, 0.2) is 49.1 Å². The Morgan fingerprint density at radius 3 is 1.93 bits per heavy atom. The SMILES string of the molecule is C=CCC1(CC=CCCCCCCCCCC)C(=O)c2ccccc2C1=O. The van der Waals surface area contributed by atoms with E-state index in [4.69, 9.17) is 0 Å². The highest BCUT2D eigenvalue weighted by Crippen LogP contribution is 2.42. The molecule has 0 aliphatic heterocycles. The molecule has 27 heavy (non-hydrogen) atoms. The molecule has 0 N–H and O–H groups in total. The van der Waals surface area contributed by atoms with Gasteiger partial charge in [0.15, 0.2) is 11.6 Å². The van der Waals surface area contributed by atoms with Crippen molar-refractivity contribution < 1.29 is 9.59 Å². The molecule has 0 spiro atoms. The van der Waals surface area contributed by atoms with Crippen molar-refractivity contribution in [2.24, 2.45) is 5.41 Å². The third-order valence-corrected chi connectivity index (χ3v) is 5.64. The summed E-state index contributed by atoms with van der Waals surface area (Å²) in [6.45, 7) is 6.02. The molecular weight excluding hydrogens is 332 g/mol. The molecule has 0 fully saturated rings. The van der Waals surface area contributed by atoms with Crippen LogP contribution in [0, 0.1) is 5.41 Å². The van der Waals surface area contributed by atoms with Crippen molar-refractivity contribution in [3.8, 4) is 0 Å². The van der Waals surface area contributed by atoms with Gasteiger partial charge in [-0.05, 0) is 25.7 Å². The van der Waals surface area contributed by atoms with Gasteiger partial charge in [0.25, 0.3) is 0 Å². The number of ketones is 2. The minimum Gasteiger partial charge on any atom is -0.293 e. The number of fused-ring (bicyclic) bond motifs is 1. The van der Waals surface area contributed by atoms with Gasteiger partial charge in [-0.15, -0.1) is 6.58 Å². The fraction of sp³-hybridized carbons (Fsp3) is 0.520. The fourth-order valence-electron chi connectivity index (χ4n) is 4.00. The fourth-order valence-corrected chi connectivity index (χ4v) is 4.00. The number of unbranched alkanes of at least 4 members (excludes halogenated alkanes) is 8. The third-order valence-electron chi connectivity index (χ3n) is 5.64. The molecule has 1 aromatic rings. The zero-order valence-electron chi connectivity index (χ0n) is 16.8. The van der Waals surface area contributed by atoms with Crippen LogP contribution in [0.25, 0.3) is 0 Å². The lowest BCUT2D eigenvalue weighted by Gasteiger charge is -2.22. The topological polar surface area (TPSA) is 34.1 Å². The van der Waals surface area contributed by atoms with Crippen LogP contribution in [-0.4, -0.2) is 11.6 Å². The van der Waals surface area contributed by atoms with Crippen molar-refractivity contribution in [3.05, 3.63) is 60.2 Å². The van der Waals surface area contributed by atoms with Crippen LogP contribution < -0.4 is 0 Å². The average Bonchev–Trinajstić information content (AvgIpc) is 2.89. The van der Waals surface area contributed by atoms with Gasteiger partial charge in [-0.2, -0.15) is 0 Å². The predicted molar refractivity (Wildman–Crippen MR) is 113 cm³/mol. The summed E-state index contributed by atoms with van der Waals surface area (Å²) in [7, 11) is 0. The molecule has 1 aromatic carbocycles. The Morgan fingerprint density at radius 1 is 0.815 bits per heavy atom. The van der Waals surface area contributed by atoms with Gasteiger partial charge in [0.2, 0.25) is 0 Å². The van der Waals surface area contributed by atoms with E-state index >= 15 is 0 Å². The molecule has 0 amide bonds. The summed E-state index contributed by atoms with van der Waals surface area (Å²) in [6.07, 6.45) is 18.3. The first-order chi connectivity index (χ1) is 13.2. The van der Waals surface area contributed by atoms with E-state index in [-0.39, 0.29) is 11.6 Å². The van der Waals surface area contributed by atoms with Gasteiger partial charge in [0.1, 0.15) is 5.41 Å². The van der Waals surface area contributed by atoms with Gasteiger partial charge in [-0.25, -0.2) is 0 Å². The molecular formula is C25H34O2. The summed E-state index contributed by atoms with van der Waals surface area (Å²) in [5, 5.41) is 0. The first kappa shape index (κ1) is 21.3. The van der Waals surface area contributed by atoms with Crippen LogP contribution >= 0.6 is 0 Å². The van der Waals surface area contributed by atoms with Crippen molar-refractivity contribution in [1.29, 1.82) is 0 Å². The summed E-state index contributed by atoms with van der Waals surface area (Å²) < 4.78 is 0. The Hall–Kier alpha value is -1.96. The van der Waals surface area contributed by atoms with Crippen molar-refractivity contribution in [3.63, 3.8) is 0 Å². The standard InChI is InChI=1S/C25H34O2/c1-3-5-6-7-8-9-10-11-12-13-16-20-25(19-4-2)23(26)21-17-14-15-18-22(21)24(25)27/h4,13-18H,2-3,5-12,19-20H2,1H3. The minimum absolute atomic E-state index is 0.0419. The molecule has 1 aliphatic carbocycles. The smallest absolute Gasteiger partial charge is 0.178 e. The highest BCUT2D eigenvalue weighted by atomic mass is 16.2. The van der Waals surface area contributed by atoms with Gasteiger partial charge in [-0.1, -0.05) is 94.4 Å². The molecule has 0 radical (unpaired) electrons. The molecule has 0 heterocycles. The number of carbonyl (C=O) groups is 2. The second-order valence-electron chi connectivity index (χ2n) is 7.72. The average molecular weight is 367 g/mol. The monoisotopic (exact) mass is 366 g/mol. The Bertz CT molecular complexity index is 634. The summed E-state index contributed by atoms with van der Waals surface area (Å²) in [4.78, 5) is 25.9. The van der Waals surface area contributed by atoms with Gasteiger partial charge in [-0.3, -0.25) is 9.59 Å². The lowest BCUT2D eigenvalue weighted by molar-refractivity contribution is 0.0703. The first-order valence-corrected chi connectivity index (χ1v) is 10.6. The van der Waals surface area contributed by atoms with E-state index in [1.807, 2.05) is 18.2 Å². The molecule has 0 aromatic heterocycles. The van der Waals surface area contributed by atoms with Crippen LogP contribution in [0.2, 0.25) is 0 Å². The van der Waals surface area contributed by atoms with E-state index in [0.29, 0.717) is 24.0 Å². The van der Waals surface area contributed by atoms with Gasteiger partial charge < -0.3 is 0 Å². The summed E-state index contributed by atoms with van der Waals surface area (Å²) in [5.41, 5.74) is 0.169. The lowest BCUT2D eigenvalue weighted by Crippen LogP contribution is -2.32. The maximum Gasteiger partial charge on any atom is 0.178 e. The summed E-state index contributed by atoms with van der Waals surface area (Å²) >= 11 is 0. The lowest BCUT2D eigenvalue weighted by atomic mass is 9.76. The van der Waals surface area contributed by atoms with E-state index in [1.54, 1.807) is 18.2 Å². The van der Waals surface area contributed by atoms with Crippen molar-refractivity contribution in [1.82, 2.24) is 0 Å². The van der Waals surface area contributed by atoms with Crippen LogP contribution in [0.4, 0.5) is 0 Å². The highest BCUT2D eigenvalue weighted by Gasteiger charge is 2.50. The van der Waals surface area contributed by atoms with Crippen LogP contribution in [0.5, 0.6) is 0 Å². The van der Waals surface area contributed by atoms with Crippen LogP contribution in [-0.2, 0) is 0 Å². The van der Waals surface area contributed by atoms with E-state index in [1.165, 1.54) is 51.4 Å². The number of carbonyl (C=O) groups excluding carboxylic acids is 2. The maximum absolute atomic E-state index is 12.9. The number of hydrogen-bond acceptors (Lipinski definition) is 2. The first-order valence-electron chi connectivity index (χ1n) is 10.6. The van der Waals surface area contributed by atoms with Gasteiger partial charge in [0, 0.05) is 11.1 Å². The largest absolute Gasteiger partial charge is 0.293 e. The van der Waals surface area contributed by atoms with Crippen LogP contribution in [0.1, 0.15) is 98.3 Å². The summed E-state index contributed by atoms with van der Waals surface area (Å²) in [5.74, 6) is -0.0838. The minimum atomic E-state index is -0.971. The molecule has 0 saturated carbocycles. The van der Waals surface area contributed by atoms with E-state index < -0.39 is 5.41 Å². The number of rotatable bonds is 13. The third kappa shape index (κ3) is 5.28. The van der Waals surface area contributed by atoms with Crippen LogP contribution in [0.3, 0.4) is 0 Å². The molecule has 146 valence electrons. The second-order valence-corrected chi connectivity index (χ2v) is 7.72. The van der Waals surface area contributed by atoms with E-state index in [9.17, 15) is 9.59 Å². The molecule has 0 atom stereocenters. The zero-order valence-corrected chi connectivity index (χ0v) is 16.8. The molecule has 0 unspecified atom stereocenters. The molecule has 2 nitrogen and oxygen atoms in total. The predicted octanol–water partition coefficient (Wildman–Crippen LogP) is 7.11. The maximum atomic E-state index is 12.9. The number of allylic oxidation sites excluding steroid dienone is 3.